The zero-order chi connectivity index (χ0) is 11.5. The molecule has 1 aromatic rings. The summed E-state index contributed by atoms with van der Waals surface area (Å²) < 4.78 is 2.06. The molecule has 5 heteroatoms. The fraction of sp³-hybridized carbons (Fsp3) is 0.727. The van der Waals surface area contributed by atoms with Crippen molar-refractivity contribution < 1.29 is 5.11 Å². The van der Waals surface area contributed by atoms with Gasteiger partial charge in [0.2, 0.25) is 0 Å². The molecule has 2 rings (SSSR count). The van der Waals surface area contributed by atoms with Crippen LogP contribution >= 0.6 is 0 Å². The van der Waals surface area contributed by atoms with E-state index in [-0.39, 0.29) is 12.6 Å². The van der Waals surface area contributed by atoms with Crippen LogP contribution in [0.25, 0.3) is 0 Å². The maximum atomic E-state index is 9.07. The number of aliphatic hydroxyl groups is 1. The van der Waals surface area contributed by atoms with Crippen molar-refractivity contribution in [3.8, 4) is 0 Å². The second-order valence-electron chi connectivity index (χ2n) is 4.54. The highest BCUT2D eigenvalue weighted by atomic mass is 16.3. The summed E-state index contributed by atoms with van der Waals surface area (Å²) in [5, 5.41) is 9.07. The van der Waals surface area contributed by atoms with Gasteiger partial charge in [-0.15, -0.1) is 0 Å². The fourth-order valence-corrected chi connectivity index (χ4v) is 2.32. The first-order valence-corrected chi connectivity index (χ1v) is 5.79. The Hall–Kier alpha value is -0.910. The van der Waals surface area contributed by atoms with Crippen molar-refractivity contribution in [3.05, 3.63) is 18.2 Å². The zero-order valence-electron chi connectivity index (χ0n) is 9.71. The molecule has 0 aromatic carbocycles. The van der Waals surface area contributed by atoms with E-state index in [2.05, 4.69) is 21.5 Å². The van der Waals surface area contributed by atoms with Gasteiger partial charge in [-0.25, -0.2) is 4.98 Å². The van der Waals surface area contributed by atoms with Crippen LogP contribution in [0.15, 0.2) is 12.5 Å². The molecule has 2 unspecified atom stereocenters. The van der Waals surface area contributed by atoms with Gasteiger partial charge in [0.15, 0.2) is 0 Å². The minimum absolute atomic E-state index is 0.0355. The molecule has 0 radical (unpaired) electrons. The molecule has 0 aliphatic carbocycles. The van der Waals surface area contributed by atoms with Crippen molar-refractivity contribution in [1.29, 1.82) is 0 Å². The Morgan fingerprint density at radius 3 is 3.12 bits per heavy atom. The van der Waals surface area contributed by atoms with E-state index in [9.17, 15) is 0 Å². The van der Waals surface area contributed by atoms with E-state index < -0.39 is 0 Å². The van der Waals surface area contributed by atoms with Gasteiger partial charge in [0.25, 0.3) is 0 Å². The van der Waals surface area contributed by atoms with E-state index in [1.807, 2.05) is 0 Å². The molecule has 1 aromatic heterocycles. The Morgan fingerprint density at radius 1 is 1.69 bits per heavy atom. The van der Waals surface area contributed by atoms with Gasteiger partial charge in [0.05, 0.1) is 24.7 Å². The number of hydrogen-bond donors (Lipinski definition) is 2. The Bertz CT molecular complexity index is 338. The number of hydrogen-bond acceptors (Lipinski definition) is 4. The number of aliphatic hydroxyl groups excluding tert-OH is 1. The lowest BCUT2D eigenvalue weighted by molar-refractivity contribution is 0.253. The van der Waals surface area contributed by atoms with Crippen molar-refractivity contribution >= 4 is 0 Å². The van der Waals surface area contributed by atoms with Gasteiger partial charge in [-0.05, 0) is 26.4 Å². The van der Waals surface area contributed by atoms with Crippen molar-refractivity contribution in [2.45, 2.75) is 31.5 Å². The largest absolute Gasteiger partial charge is 0.394 e. The molecule has 5 nitrogen and oxygen atoms in total. The lowest BCUT2D eigenvalue weighted by atomic mass is 10.2. The zero-order valence-corrected chi connectivity index (χ0v) is 9.71. The quantitative estimate of drug-likeness (QED) is 0.753. The maximum Gasteiger partial charge on any atom is 0.0949 e. The summed E-state index contributed by atoms with van der Waals surface area (Å²) in [6.07, 6.45) is 6.03. The first-order chi connectivity index (χ1) is 7.72. The van der Waals surface area contributed by atoms with E-state index in [1.54, 1.807) is 12.5 Å². The normalized spacial score (nSPS) is 23.8. The number of rotatable bonds is 4. The first kappa shape index (κ1) is 11.6. The molecular weight excluding hydrogens is 204 g/mol. The average Bonchev–Trinajstić information content (AvgIpc) is 2.88. The van der Waals surface area contributed by atoms with E-state index in [4.69, 9.17) is 10.8 Å². The summed E-state index contributed by atoms with van der Waals surface area (Å²) in [4.78, 5) is 6.48. The number of nitrogens with zero attached hydrogens (tertiary/aromatic N) is 3. The third-order valence-electron chi connectivity index (χ3n) is 3.40. The predicted molar refractivity (Wildman–Crippen MR) is 61.9 cm³/mol. The van der Waals surface area contributed by atoms with Crippen LogP contribution in [0.2, 0.25) is 0 Å². The van der Waals surface area contributed by atoms with Crippen LogP contribution in [0.4, 0.5) is 0 Å². The van der Waals surface area contributed by atoms with Gasteiger partial charge in [0, 0.05) is 18.8 Å². The number of likely N-dealkylation sites (tertiary alicyclic amines) is 1. The molecule has 0 spiro atoms. The van der Waals surface area contributed by atoms with Crippen molar-refractivity contribution in [3.63, 3.8) is 0 Å². The molecule has 1 aliphatic heterocycles. The third kappa shape index (κ3) is 2.26. The number of nitrogens with two attached hydrogens (primary N) is 1. The molecule has 16 heavy (non-hydrogen) atoms. The standard InChI is InChI=1S/C11H20N4O/c1-14-4-2-3-9(14)6-15-8-13-5-11(15)10(12)7-16/h5,8-10,16H,2-4,6-7,12H2,1H3. The van der Waals surface area contributed by atoms with Gasteiger partial charge in [-0.2, -0.15) is 0 Å². The second kappa shape index (κ2) is 4.95. The summed E-state index contributed by atoms with van der Waals surface area (Å²) in [6.45, 7) is 2.05. The maximum absolute atomic E-state index is 9.07. The minimum atomic E-state index is -0.325. The van der Waals surface area contributed by atoms with Crippen molar-refractivity contribution in [2.75, 3.05) is 20.2 Å². The topological polar surface area (TPSA) is 67.3 Å². The van der Waals surface area contributed by atoms with E-state index in [1.165, 1.54) is 19.4 Å². The highest BCUT2D eigenvalue weighted by Gasteiger charge is 2.22. The van der Waals surface area contributed by atoms with Crippen molar-refractivity contribution in [1.82, 2.24) is 14.5 Å². The van der Waals surface area contributed by atoms with Crippen LogP contribution in [0.1, 0.15) is 24.6 Å². The Balaban J connectivity index is 2.06. The predicted octanol–water partition coefficient (Wildman–Crippen LogP) is -0.0306. The molecular formula is C11H20N4O. The van der Waals surface area contributed by atoms with E-state index in [0.717, 1.165) is 12.2 Å². The number of imidazole rings is 1. The fourth-order valence-electron chi connectivity index (χ4n) is 2.32. The molecule has 1 saturated heterocycles. The van der Waals surface area contributed by atoms with Crippen LogP contribution in [0.5, 0.6) is 0 Å². The van der Waals surface area contributed by atoms with Crippen molar-refractivity contribution in [2.24, 2.45) is 5.73 Å². The summed E-state index contributed by atoms with van der Waals surface area (Å²) in [6, 6.07) is 0.244. The van der Waals surface area contributed by atoms with Gasteiger partial charge >= 0.3 is 0 Å². The average molecular weight is 224 g/mol. The molecule has 2 heterocycles. The molecule has 1 aliphatic rings. The van der Waals surface area contributed by atoms with Gasteiger partial charge < -0.3 is 20.3 Å². The lowest BCUT2D eigenvalue weighted by Gasteiger charge is -2.22. The molecule has 90 valence electrons. The smallest absolute Gasteiger partial charge is 0.0949 e. The SMILES string of the molecule is CN1CCCC1Cn1cncc1C(N)CO. The molecule has 2 atom stereocenters. The Labute approximate surface area is 95.9 Å². The van der Waals surface area contributed by atoms with E-state index in [0.29, 0.717) is 6.04 Å². The lowest BCUT2D eigenvalue weighted by Crippen LogP contribution is -2.30. The Morgan fingerprint density at radius 2 is 2.50 bits per heavy atom. The van der Waals surface area contributed by atoms with Gasteiger partial charge in [-0.1, -0.05) is 0 Å². The molecule has 1 fully saturated rings. The van der Waals surface area contributed by atoms with Gasteiger partial charge in [0.1, 0.15) is 0 Å². The minimum Gasteiger partial charge on any atom is -0.394 e. The molecule has 0 bridgehead atoms. The van der Waals surface area contributed by atoms with Crippen LogP contribution in [0.3, 0.4) is 0 Å². The van der Waals surface area contributed by atoms with Crippen LogP contribution < -0.4 is 5.73 Å². The van der Waals surface area contributed by atoms with Crippen LogP contribution in [-0.4, -0.2) is 45.8 Å². The number of likely N-dealkylation sites (N-methyl/N-ethyl adjacent to an activating group) is 1. The van der Waals surface area contributed by atoms with Crippen LogP contribution in [-0.2, 0) is 6.54 Å². The van der Waals surface area contributed by atoms with Crippen LogP contribution in [0, 0.1) is 0 Å². The summed E-state index contributed by atoms with van der Waals surface area (Å²) >= 11 is 0. The van der Waals surface area contributed by atoms with E-state index >= 15 is 0 Å². The number of aromatic nitrogens is 2. The summed E-state index contributed by atoms with van der Waals surface area (Å²) in [5.41, 5.74) is 6.74. The highest BCUT2D eigenvalue weighted by Crippen LogP contribution is 2.18. The molecule has 0 amide bonds. The monoisotopic (exact) mass is 224 g/mol. The Kier molecular flexibility index (Phi) is 3.58. The summed E-state index contributed by atoms with van der Waals surface area (Å²) in [7, 11) is 2.15. The summed E-state index contributed by atoms with van der Waals surface area (Å²) in [5.74, 6) is 0. The first-order valence-electron chi connectivity index (χ1n) is 5.79. The molecule has 3 N–H and O–H groups in total. The molecule has 0 saturated carbocycles. The van der Waals surface area contributed by atoms with Gasteiger partial charge in [-0.3, -0.25) is 0 Å². The second-order valence-corrected chi connectivity index (χ2v) is 4.54. The third-order valence-corrected chi connectivity index (χ3v) is 3.40. The highest BCUT2D eigenvalue weighted by molar-refractivity contribution is 5.05.